The van der Waals surface area contributed by atoms with Gasteiger partial charge < -0.3 is 8.85 Å². The van der Waals surface area contributed by atoms with Crippen LogP contribution in [0.2, 0.25) is 6.04 Å². The van der Waals surface area contributed by atoms with E-state index in [1.807, 2.05) is 13.8 Å². The van der Waals surface area contributed by atoms with Crippen LogP contribution in [-0.4, -0.2) is 22.5 Å². The third kappa shape index (κ3) is 4.96. The standard InChI is InChI=1S/C7H17O2Si/c1-5-6-10(8-4)9-7(2)3/h7H,5-6H2,1-4H3. The van der Waals surface area contributed by atoms with E-state index in [9.17, 15) is 0 Å². The van der Waals surface area contributed by atoms with Crippen LogP contribution in [0.5, 0.6) is 0 Å². The quantitative estimate of drug-likeness (QED) is 0.574. The van der Waals surface area contributed by atoms with Crippen molar-refractivity contribution in [3.05, 3.63) is 0 Å². The second kappa shape index (κ2) is 5.89. The highest BCUT2D eigenvalue weighted by Crippen LogP contribution is 2.02. The van der Waals surface area contributed by atoms with Crippen molar-refractivity contribution < 1.29 is 8.85 Å². The van der Waals surface area contributed by atoms with Crippen molar-refractivity contribution in [2.24, 2.45) is 0 Å². The van der Waals surface area contributed by atoms with Gasteiger partial charge in [-0.3, -0.25) is 0 Å². The van der Waals surface area contributed by atoms with Crippen molar-refractivity contribution in [2.45, 2.75) is 39.3 Å². The predicted octanol–water partition coefficient (Wildman–Crippen LogP) is 1.96. The first-order valence-electron chi connectivity index (χ1n) is 3.77. The molecule has 0 fully saturated rings. The molecule has 0 unspecified atom stereocenters. The van der Waals surface area contributed by atoms with E-state index in [1.165, 1.54) is 0 Å². The van der Waals surface area contributed by atoms with E-state index in [1.54, 1.807) is 7.11 Å². The molecule has 0 bridgehead atoms. The first-order valence-corrected chi connectivity index (χ1v) is 5.29. The zero-order valence-electron chi connectivity index (χ0n) is 7.31. The van der Waals surface area contributed by atoms with Crippen LogP contribution in [0.3, 0.4) is 0 Å². The molecule has 0 spiro atoms. The lowest BCUT2D eigenvalue weighted by Gasteiger charge is -2.14. The van der Waals surface area contributed by atoms with Crippen LogP contribution >= 0.6 is 0 Å². The van der Waals surface area contributed by atoms with Gasteiger partial charge in [-0.1, -0.05) is 13.3 Å². The molecule has 0 amide bonds. The van der Waals surface area contributed by atoms with Crippen molar-refractivity contribution >= 4 is 9.28 Å². The lowest BCUT2D eigenvalue weighted by atomic mass is 10.5. The summed E-state index contributed by atoms with van der Waals surface area (Å²) >= 11 is 0. The Morgan fingerprint density at radius 1 is 1.40 bits per heavy atom. The van der Waals surface area contributed by atoms with Crippen LogP contribution in [0.1, 0.15) is 27.2 Å². The van der Waals surface area contributed by atoms with Gasteiger partial charge in [0.15, 0.2) is 0 Å². The van der Waals surface area contributed by atoms with Gasteiger partial charge in [0.05, 0.1) is 0 Å². The number of hydrogen-bond acceptors (Lipinski definition) is 2. The maximum atomic E-state index is 5.52. The molecular weight excluding hydrogens is 144 g/mol. The molecule has 1 radical (unpaired) electrons. The van der Waals surface area contributed by atoms with Gasteiger partial charge in [-0.15, -0.1) is 0 Å². The lowest BCUT2D eigenvalue weighted by Crippen LogP contribution is -2.24. The van der Waals surface area contributed by atoms with Crippen molar-refractivity contribution in [2.75, 3.05) is 7.11 Å². The van der Waals surface area contributed by atoms with Crippen LogP contribution in [0, 0.1) is 0 Å². The molecule has 0 atom stereocenters. The molecule has 0 aromatic rings. The predicted molar refractivity (Wildman–Crippen MR) is 44.1 cm³/mol. The maximum Gasteiger partial charge on any atom is 0.384 e. The number of rotatable bonds is 5. The average Bonchev–Trinajstić information content (AvgIpc) is 1.86. The molecular formula is C7H17O2Si. The van der Waals surface area contributed by atoms with Crippen molar-refractivity contribution in [3.63, 3.8) is 0 Å². The van der Waals surface area contributed by atoms with Crippen molar-refractivity contribution in [3.8, 4) is 0 Å². The second-order valence-electron chi connectivity index (χ2n) is 2.49. The lowest BCUT2D eigenvalue weighted by molar-refractivity contribution is 0.178. The van der Waals surface area contributed by atoms with Gasteiger partial charge >= 0.3 is 9.28 Å². The molecule has 0 aromatic carbocycles. The third-order valence-corrected chi connectivity index (χ3v) is 3.15. The Balaban J connectivity index is 3.39. The molecule has 10 heavy (non-hydrogen) atoms. The molecule has 3 heteroatoms. The largest absolute Gasteiger partial charge is 0.397 e. The fraction of sp³-hybridized carbons (Fsp3) is 1.00. The van der Waals surface area contributed by atoms with Crippen LogP contribution < -0.4 is 0 Å². The Kier molecular flexibility index (Phi) is 5.97. The maximum absolute atomic E-state index is 5.52. The first-order chi connectivity index (χ1) is 4.70. The van der Waals surface area contributed by atoms with Crippen molar-refractivity contribution in [1.29, 1.82) is 0 Å². The van der Waals surface area contributed by atoms with E-state index < -0.39 is 9.28 Å². The molecule has 0 N–H and O–H groups in total. The minimum absolute atomic E-state index is 0.306. The SMILES string of the molecule is CCC[Si](OC)OC(C)C. The van der Waals surface area contributed by atoms with Gasteiger partial charge in [0.25, 0.3) is 0 Å². The highest BCUT2D eigenvalue weighted by molar-refractivity contribution is 6.44. The van der Waals surface area contributed by atoms with Crippen molar-refractivity contribution in [1.82, 2.24) is 0 Å². The summed E-state index contributed by atoms with van der Waals surface area (Å²) in [6.45, 7) is 6.23. The van der Waals surface area contributed by atoms with Crippen LogP contribution in [0.4, 0.5) is 0 Å². The fourth-order valence-corrected chi connectivity index (χ4v) is 2.03. The summed E-state index contributed by atoms with van der Waals surface area (Å²) in [5.41, 5.74) is 0. The Bertz CT molecular complexity index is 76.0. The van der Waals surface area contributed by atoms with Crippen LogP contribution in [0.25, 0.3) is 0 Å². The summed E-state index contributed by atoms with van der Waals surface area (Å²) in [6.07, 6.45) is 1.45. The zero-order valence-corrected chi connectivity index (χ0v) is 8.31. The van der Waals surface area contributed by atoms with E-state index >= 15 is 0 Å². The van der Waals surface area contributed by atoms with Gasteiger partial charge in [0.1, 0.15) is 0 Å². The summed E-state index contributed by atoms with van der Waals surface area (Å²) in [5.74, 6) is 0. The van der Waals surface area contributed by atoms with Gasteiger partial charge in [0, 0.05) is 13.2 Å². The Morgan fingerprint density at radius 3 is 2.30 bits per heavy atom. The minimum atomic E-state index is -0.934. The molecule has 0 aromatic heterocycles. The minimum Gasteiger partial charge on any atom is -0.397 e. The molecule has 0 heterocycles. The topological polar surface area (TPSA) is 18.5 Å². The summed E-state index contributed by atoms with van der Waals surface area (Å²) in [7, 11) is 0.794. The van der Waals surface area contributed by atoms with E-state index in [0.717, 1.165) is 12.5 Å². The molecule has 0 rings (SSSR count). The normalized spacial score (nSPS) is 11.4. The average molecular weight is 161 g/mol. The fourth-order valence-electron chi connectivity index (χ4n) is 0.676. The molecule has 0 aliphatic rings. The van der Waals surface area contributed by atoms with Gasteiger partial charge in [-0.05, 0) is 19.9 Å². The molecule has 0 saturated heterocycles. The monoisotopic (exact) mass is 161 g/mol. The van der Waals surface area contributed by atoms with Gasteiger partial charge in [0.2, 0.25) is 0 Å². The third-order valence-electron chi connectivity index (χ3n) is 1.05. The summed E-state index contributed by atoms with van der Waals surface area (Å²) in [6, 6.07) is 1.08. The zero-order chi connectivity index (χ0) is 7.98. The number of hydrogen-bond donors (Lipinski definition) is 0. The van der Waals surface area contributed by atoms with Crippen LogP contribution in [0.15, 0.2) is 0 Å². The Hall–Kier alpha value is 0.137. The highest BCUT2D eigenvalue weighted by Gasteiger charge is 2.13. The van der Waals surface area contributed by atoms with Gasteiger partial charge in [-0.25, -0.2) is 0 Å². The Labute approximate surface area is 65.4 Å². The molecule has 2 nitrogen and oxygen atoms in total. The van der Waals surface area contributed by atoms with E-state index in [4.69, 9.17) is 8.85 Å². The van der Waals surface area contributed by atoms with E-state index in [2.05, 4.69) is 6.92 Å². The first kappa shape index (κ1) is 10.1. The molecule has 0 aliphatic carbocycles. The molecule has 0 saturated carbocycles. The van der Waals surface area contributed by atoms with Crippen LogP contribution in [-0.2, 0) is 8.85 Å². The summed E-state index contributed by atoms with van der Waals surface area (Å²) in [5, 5.41) is 0. The van der Waals surface area contributed by atoms with Gasteiger partial charge in [-0.2, -0.15) is 0 Å². The second-order valence-corrected chi connectivity index (χ2v) is 4.38. The summed E-state index contributed by atoms with van der Waals surface area (Å²) < 4.78 is 10.7. The molecule has 0 aliphatic heterocycles. The smallest absolute Gasteiger partial charge is 0.384 e. The Morgan fingerprint density at radius 2 is 2.00 bits per heavy atom. The van der Waals surface area contributed by atoms with E-state index in [-0.39, 0.29) is 0 Å². The molecule has 61 valence electrons. The summed E-state index contributed by atoms with van der Waals surface area (Å²) in [4.78, 5) is 0. The highest BCUT2D eigenvalue weighted by atomic mass is 28.3. The van der Waals surface area contributed by atoms with E-state index in [0.29, 0.717) is 6.10 Å².